The molecule has 0 radical (unpaired) electrons. The molecule has 0 fully saturated rings. The van der Waals surface area contributed by atoms with Crippen LogP contribution < -0.4 is 0 Å². The molecule has 246 valence electrons. The molecule has 6 aromatic heterocycles. The molecule has 0 amide bonds. The Kier molecular flexibility index (Phi) is 10.0. The Bertz CT molecular complexity index is 1940. The molecule has 9 nitrogen and oxygen atoms in total. The fourth-order valence-electron chi connectivity index (χ4n) is 6.41. The van der Waals surface area contributed by atoms with Gasteiger partial charge in [-0.15, -0.1) is 0 Å². The van der Waals surface area contributed by atoms with Crippen molar-refractivity contribution in [2.75, 3.05) is 0 Å². The van der Waals surface area contributed by atoms with E-state index in [2.05, 4.69) is 134 Å². The molecule has 0 saturated heterocycles. The van der Waals surface area contributed by atoms with Gasteiger partial charge in [-0.05, 0) is 140 Å². The Hall–Kier alpha value is -4.14. The summed E-state index contributed by atoms with van der Waals surface area (Å²) in [7, 11) is 0. The molecule has 0 saturated carbocycles. The first-order chi connectivity index (χ1) is 21.4. The van der Waals surface area contributed by atoms with Crippen molar-refractivity contribution in [3.63, 3.8) is 0 Å². The second kappa shape index (κ2) is 13.3. The SMILES string of the molecule is Cc1cc(C)c2nc(C)n(C(C)C)c2n1.Cc1cc2c(nc(C)n2C(C)C)c(C)n1.Cc1nc2c(c(C)nn2C(C)C)c(C)c1C. The van der Waals surface area contributed by atoms with Gasteiger partial charge in [0.2, 0.25) is 0 Å². The number of aromatic nitrogens is 9. The van der Waals surface area contributed by atoms with Crippen LogP contribution in [0.2, 0.25) is 0 Å². The number of hydrogen-bond acceptors (Lipinski definition) is 6. The summed E-state index contributed by atoms with van der Waals surface area (Å²) in [5, 5.41) is 5.81. The van der Waals surface area contributed by atoms with Crippen LogP contribution in [-0.4, -0.2) is 43.8 Å². The maximum atomic E-state index is 4.68. The van der Waals surface area contributed by atoms with Crippen molar-refractivity contribution in [1.29, 1.82) is 0 Å². The first-order valence-corrected chi connectivity index (χ1v) is 16.4. The van der Waals surface area contributed by atoms with Crippen molar-refractivity contribution in [1.82, 2.24) is 43.8 Å². The number of hydrogen-bond donors (Lipinski definition) is 0. The van der Waals surface area contributed by atoms with Crippen molar-refractivity contribution >= 4 is 33.2 Å². The van der Waals surface area contributed by atoms with Crippen molar-refractivity contribution in [2.45, 2.75) is 129 Å². The Balaban J connectivity index is 0.000000157. The van der Waals surface area contributed by atoms with Crippen LogP contribution in [0.15, 0.2) is 12.1 Å². The third-order valence-corrected chi connectivity index (χ3v) is 8.64. The van der Waals surface area contributed by atoms with Gasteiger partial charge in [0.05, 0.1) is 16.9 Å². The molecule has 0 aliphatic heterocycles. The molecule has 6 aromatic rings. The van der Waals surface area contributed by atoms with Crippen molar-refractivity contribution < 1.29 is 0 Å². The highest BCUT2D eigenvalue weighted by Crippen LogP contribution is 2.27. The molecule has 0 aliphatic rings. The summed E-state index contributed by atoms with van der Waals surface area (Å²) in [6.07, 6.45) is 0. The Labute approximate surface area is 274 Å². The maximum absolute atomic E-state index is 4.68. The second-order valence-electron chi connectivity index (χ2n) is 13.5. The molecular formula is C37H53N9. The van der Waals surface area contributed by atoms with Crippen LogP contribution in [0.3, 0.4) is 0 Å². The topological polar surface area (TPSA) is 92.1 Å². The second-order valence-corrected chi connectivity index (χ2v) is 13.5. The summed E-state index contributed by atoms with van der Waals surface area (Å²) in [6.45, 7) is 33.6. The lowest BCUT2D eigenvalue weighted by atomic mass is 10.1. The maximum Gasteiger partial charge on any atom is 0.160 e. The molecule has 0 aliphatic carbocycles. The molecule has 6 heterocycles. The molecule has 46 heavy (non-hydrogen) atoms. The van der Waals surface area contributed by atoms with Gasteiger partial charge in [-0.1, -0.05) is 0 Å². The molecule has 0 bridgehead atoms. The summed E-state index contributed by atoms with van der Waals surface area (Å²) in [6, 6.07) is 5.40. The fraction of sp³-hybridized carbons (Fsp3) is 0.514. The van der Waals surface area contributed by atoms with E-state index in [1.54, 1.807) is 0 Å². The van der Waals surface area contributed by atoms with E-state index in [0.717, 1.165) is 62.4 Å². The quantitative estimate of drug-likeness (QED) is 0.195. The van der Waals surface area contributed by atoms with Gasteiger partial charge in [-0.3, -0.25) is 4.98 Å². The minimum absolute atomic E-state index is 0.352. The third-order valence-electron chi connectivity index (χ3n) is 8.64. The lowest BCUT2D eigenvalue weighted by molar-refractivity contribution is 0.542. The van der Waals surface area contributed by atoms with E-state index in [-0.39, 0.29) is 0 Å². The van der Waals surface area contributed by atoms with E-state index in [1.165, 1.54) is 27.6 Å². The standard InChI is InChI=1S/C13H19N3.2C12H17N3/c1-7(2)16-13-12(11(6)15-16)9(4)8(3)10(5)14-13;1-7(2)15-10(5)14-12-9(4)13-8(3)6-11(12)15;1-7(2)15-10(5)14-11-8(3)6-9(4)13-12(11)15/h7H,1-6H3;2*6-7H,1-5H3. The lowest BCUT2D eigenvalue weighted by Gasteiger charge is -2.10. The predicted molar refractivity (Wildman–Crippen MR) is 191 cm³/mol. The van der Waals surface area contributed by atoms with E-state index >= 15 is 0 Å². The van der Waals surface area contributed by atoms with Gasteiger partial charge >= 0.3 is 0 Å². The van der Waals surface area contributed by atoms with Crippen molar-refractivity contribution in [3.8, 4) is 0 Å². The summed E-state index contributed by atoms with van der Waals surface area (Å²) in [5.74, 6) is 2.11. The molecule has 9 heteroatoms. The largest absolute Gasteiger partial charge is 0.326 e. The zero-order valence-electron chi connectivity index (χ0n) is 30.9. The molecular weight excluding hydrogens is 570 g/mol. The van der Waals surface area contributed by atoms with Crippen LogP contribution in [0.1, 0.15) is 116 Å². The van der Waals surface area contributed by atoms with E-state index in [1.807, 2.05) is 32.4 Å². The lowest BCUT2D eigenvalue weighted by Crippen LogP contribution is -2.04. The average Bonchev–Trinajstić information content (AvgIpc) is 3.58. The molecule has 0 aromatic carbocycles. The summed E-state index contributed by atoms with van der Waals surface area (Å²) in [5.41, 5.74) is 14.4. The summed E-state index contributed by atoms with van der Waals surface area (Å²) in [4.78, 5) is 22.8. The number of nitrogens with zero attached hydrogens (tertiary/aromatic N) is 9. The first kappa shape index (κ1) is 34.7. The number of fused-ring (bicyclic) bond motifs is 3. The van der Waals surface area contributed by atoms with E-state index < -0.39 is 0 Å². The Morgan fingerprint density at radius 1 is 0.500 bits per heavy atom. The summed E-state index contributed by atoms with van der Waals surface area (Å²) >= 11 is 0. The number of rotatable bonds is 3. The van der Waals surface area contributed by atoms with Crippen LogP contribution in [0.25, 0.3) is 33.2 Å². The summed E-state index contributed by atoms with van der Waals surface area (Å²) < 4.78 is 6.47. The molecule has 6 rings (SSSR count). The van der Waals surface area contributed by atoms with E-state index in [0.29, 0.717) is 18.1 Å². The van der Waals surface area contributed by atoms with Crippen LogP contribution in [0.4, 0.5) is 0 Å². The van der Waals surface area contributed by atoms with Gasteiger partial charge in [0.15, 0.2) is 11.3 Å². The van der Waals surface area contributed by atoms with Gasteiger partial charge < -0.3 is 9.13 Å². The van der Waals surface area contributed by atoms with E-state index in [9.17, 15) is 0 Å². The zero-order chi connectivity index (χ0) is 34.4. The first-order valence-electron chi connectivity index (χ1n) is 16.4. The van der Waals surface area contributed by atoms with Crippen LogP contribution in [-0.2, 0) is 0 Å². The highest BCUT2D eigenvalue weighted by Gasteiger charge is 2.16. The molecule has 0 unspecified atom stereocenters. The van der Waals surface area contributed by atoms with Gasteiger partial charge in [0.1, 0.15) is 22.7 Å². The Morgan fingerprint density at radius 3 is 1.65 bits per heavy atom. The highest BCUT2D eigenvalue weighted by atomic mass is 15.3. The molecule has 0 spiro atoms. The minimum atomic E-state index is 0.352. The monoisotopic (exact) mass is 623 g/mol. The van der Waals surface area contributed by atoms with Gasteiger partial charge in [0, 0.05) is 40.6 Å². The predicted octanol–water partition coefficient (Wildman–Crippen LogP) is 9.12. The molecule has 0 atom stereocenters. The van der Waals surface area contributed by atoms with Crippen molar-refractivity contribution in [3.05, 3.63) is 68.9 Å². The van der Waals surface area contributed by atoms with E-state index in [4.69, 9.17) is 0 Å². The smallest absolute Gasteiger partial charge is 0.160 e. The minimum Gasteiger partial charge on any atom is -0.326 e. The van der Waals surface area contributed by atoms with Gasteiger partial charge in [-0.2, -0.15) is 5.10 Å². The normalized spacial score (nSPS) is 11.6. The molecule has 0 N–H and O–H groups in total. The third kappa shape index (κ3) is 6.55. The Morgan fingerprint density at radius 2 is 1.07 bits per heavy atom. The van der Waals surface area contributed by atoms with Crippen LogP contribution >= 0.6 is 0 Å². The van der Waals surface area contributed by atoms with Crippen LogP contribution in [0, 0.1) is 69.2 Å². The number of pyridine rings is 3. The zero-order valence-corrected chi connectivity index (χ0v) is 30.9. The van der Waals surface area contributed by atoms with Crippen molar-refractivity contribution in [2.24, 2.45) is 0 Å². The van der Waals surface area contributed by atoms with Gasteiger partial charge in [-0.25, -0.2) is 24.6 Å². The highest BCUT2D eigenvalue weighted by molar-refractivity contribution is 5.83. The number of imidazole rings is 2. The van der Waals surface area contributed by atoms with Gasteiger partial charge in [0.25, 0.3) is 0 Å². The van der Waals surface area contributed by atoms with Crippen LogP contribution in [0.5, 0.6) is 0 Å². The number of aryl methyl sites for hydroxylation is 9. The fourth-order valence-corrected chi connectivity index (χ4v) is 6.41. The average molecular weight is 624 g/mol.